The van der Waals surface area contributed by atoms with Gasteiger partial charge in [-0.15, -0.1) is 0 Å². The zero-order valence-corrected chi connectivity index (χ0v) is 10.9. The van der Waals surface area contributed by atoms with Crippen LogP contribution in [0.3, 0.4) is 0 Å². The van der Waals surface area contributed by atoms with Crippen molar-refractivity contribution in [1.82, 2.24) is 10.3 Å². The Labute approximate surface area is 107 Å². The van der Waals surface area contributed by atoms with Crippen LogP contribution in [0, 0.1) is 0 Å². The maximum Gasteiger partial charge on any atom is 0.137 e. The number of aromatic nitrogens is 1. The summed E-state index contributed by atoms with van der Waals surface area (Å²) in [5, 5.41) is 3.29. The first kappa shape index (κ1) is 12.6. The Kier molecular flexibility index (Phi) is 3.99. The Bertz CT molecular complexity index is 508. The van der Waals surface area contributed by atoms with Crippen molar-refractivity contribution in [2.75, 3.05) is 14.2 Å². The van der Waals surface area contributed by atoms with Gasteiger partial charge in [-0.3, -0.25) is 4.98 Å². The minimum Gasteiger partial charge on any atom is -0.495 e. The van der Waals surface area contributed by atoms with Crippen LogP contribution in [0.4, 0.5) is 0 Å². The Morgan fingerprint density at radius 2 is 2.28 bits per heavy atom. The highest BCUT2D eigenvalue weighted by Gasteiger charge is 2.18. The molecule has 2 aromatic rings. The highest BCUT2D eigenvalue weighted by molar-refractivity contribution is 5.35. The summed E-state index contributed by atoms with van der Waals surface area (Å²) in [5.41, 5.74) is 2.21. The normalized spacial score (nSPS) is 12.4. The van der Waals surface area contributed by atoms with E-state index in [9.17, 15) is 0 Å². The summed E-state index contributed by atoms with van der Waals surface area (Å²) in [6.45, 7) is 2.08. The van der Waals surface area contributed by atoms with Crippen LogP contribution in [0.25, 0.3) is 0 Å². The molecule has 0 aromatic carbocycles. The molecule has 0 amide bonds. The Hall–Kier alpha value is -1.81. The van der Waals surface area contributed by atoms with E-state index in [1.54, 1.807) is 19.6 Å². The van der Waals surface area contributed by atoms with E-state index in [4.69, 9.17) is 9.15 Å². The number of nitrogens with zero attached hydrogens (tertiary/aromatic N) is 1. The molecule has 2 rings (SSSR count). The smallest absolute Gasteiger partial charge is 0.137 e. The predicted molar refractivity (Wildman–Crippen MR) is 69.8 cm³/mol. The van der Waals surface area contributed by atoms with Gasteiger partial charge in [0.2, 0.25) is 0 Å². The molecule has 4 nitrogen and oxygen atoms in total. The van der Waals surface area contributed by atoms with Gasteiger partial charge in [-0.05, 0) is 24.7 Å². The van der Waals surface area contributed by atoms with Gasteiger partial charge >= 0.3 is 0 Å². The zero-order chi connectivity index (χ0) is 13.0. The third-order valence-electron chi connectivity index (χ3n) is 3.00. The maximum absolute atomic E-state index is 5.48. The molecule has 0 aliphatic heterocycles. The fourth-order valence-corrected chi connectivity index (χ4v) is 2.10. The summed E-state index contributed by atoms with van der Waals surface area (Å²) in [5.74, 6) is 1.76. The van der Waals surface area contributed by atoms with Crippen molar-refractivity contribution < 1.29 is 9.15 Å². The molecule has 4 heteroatoms. The minimum absolute atomic E-state index is 0.0706. The van der Waals surface area contributed by atoms with E-state index < -0.39 is 0 Å². The van der Waals surface area contributed by atoms with Crippen LogP contribution in [0.1, 0.15) is 29.9 Å². The van der Waals surface area contributed by atoms with Crippen LogP contribution in [-0.4, -0.2) is 19.1 Å². The molecule has 1 N–H and O–H groups in total. The summed E-state index contributed by atoms with van der Waals surface area (Å²) in [6, 6.07) is 4.06. The molecule has 1 unspecified atom stereocenters. The molecule has 0 saturated heterocycles. The number of aryl methyl sites for hydroxylation is 1. The molecule has 0 bridgehead atoms. The molecule has 96 valence electrons. The quantitative estimate of drug-likeness (QED) is 0.880. The lowest BCUT2D eigenvalue weighted by Gasteiger charge is -2.16. The molecule has 1 atom stereocenters. The van der Waals surface area contributed by atoms with Gasteiger partial charge in [-0.25, -0.2) is 0 Å². The lowest BCUT2D eigenvalue weighted by atomic mass is 10.00. The molecule has 0 spiro atoms. The van der Waals surface area contributed by atoms with Gasteiger partial charge < -0.3 is 14.5 Å². The van der Waals surface area contributed by atoms with E-state index in [0.717, 1.165) is 29.1 Å². The Morgan fingerprint density at radius 3 is 2.94 bits per heavy atom. The molecular formula is C14H18N2O2. The van der Waals surface area contributed by atoms with Gasteiger partial charge in [-0.1, -0.05) is 6.92 Å². The first-order valence-electron chi connectivity index (χ1n) is 6.02. The first-order valence-corrected chi connectivity index (χ1v) is 6.02. The second-order valence-corrected chi connectivity index (χ2v) is 4.03. The Balaban J connectivity index is 2.38. The van der Waals surface area contributed by atoms with E-state index in [-0.39, 0.29) is 6.04 Å². The van der Waals surface area contributed by atoms with Crippen LogP contribution >= 0.6 is 0 Å². The van der Waals surface area contributed by atoms with Crippen molar-refractivity contribution in [3.8, 4) is 5.75 Å². The largest absolute Gasteiger partial charge is 0.495 e. The zero-order valence-electron chi connectivity index (χ0n) is 10.9. The number of nitrogens with one attached hydrogen (secondary N) is 1. The predicted octanol–water partition coefficient (Wildman–Crippen LogP) is 2.55. The number of rotatable bonds is 5. The number of pyridine rings is 1. The highest BCUT2D eigenvalue weighted by atomic mass is 16.5. The van der Waals surface area contributed by atoms with Crippen molar-refractivity contribution in [2.45, 2.75) is 19.4 Å². The van der Waals surface area contributed by atoms with E-state index in [1.165, 1.54) is 0 Å². The summed E-state index contributed by atoms with van der Waals surface area (Å²) in [7, 11) is 3.57. The molecule has 0 fully saturated rings. The third kappa shape index (κ3) is 2.38. The van der Waals surface area contributed by atoms with Crippen molar-refractivity contribution in [3.63, 3.8) is 0 Å². The lowest BCUT2D eigenvalue weighted by molar-refractivity contribution is 0.411. The summed E-state index contributed by atoms with van der Waals surface area (Å²) in [6.07, 6.45) is 6.15. The van der Waals surface area contributed by atoms with Gasteiger partial charge in [0, 0.05) is 18.2 Å². The molecule has 18 heavy (non-hydrogen) atoms. The van der Waals surface area contributed by atoms with E-state index in [0.29, 0.717) is 0 Å². The monoisotopic (exact) mass is 246 g/mol. The number of methoxy groups -OCH3 is 1. The average molecular weight is 246 g/mol. The standard InChI is InChI=1S/C14H18N2O2/c1-4-13-12(5-6-18-13)14(15-2)10-7-11(17-3)9-16-8-10/h5-9,14-15H,4H2,1-3H3. The van der Waals surface area contributed by atoms with Crippen molar-refractivity contribution in [2.24, 2.45) is 0 Å². The van der Waals surface area contributed by atoms with Gasteiger partial charge in [0.15, 0.2) is 0 Å². The number of hydrogen-bond donors (Lipinski definition) is 1. The molecule has 0 aliphatic carbocycles. The van der Waals surface area contributed by atoms with E-state index >= 15 is 0 Å². The molecular weight excluding hydrogens is 228 g/mol. The van der Waals surface area contributed by atoms with Crippen LogP contribution < -0.4 is 10.1 Å². The van der Waals surface area contributed by atoms with Gasteiger partial charge in [0.25, 0.3) is 0 Å². The fraction of sp³-hybridized carbons (Fsp3) is 0.357. The van der Waals surface area contributed by atoms with Gasteiger partial charge in [0.1, 0.15) is 11.5 Å². The van der Waals surface area contributed by atoms with Gasteiger partial charge in [-0.2, -0.15) is 0 Å². The highest BCUT2D eigenvalue weighted by Crippen LogP contribution is 2.27. The number of ether oxygens (including phenoxy) is 1. The van der Waals surface area contributed by atoms with Crippen molar-refractivity contribution in [3.05, 3.63) is 47.7 Å². The third-order valence-corrected chi connectivity index (χ3v) is 3.00. The summed E-state index contributed by atoms with van der Waals surface area (Å²) in [4.78, 5) is 4.19. The SMILES string of the molecule is CCc1occc1C(NC)c1cncc(OC)c1. The maximum atomic E-state index is 5.48. The Morgan fingerprint density at radius 1 is 1.44 bits per heavy atom. The molecule has 0 radical (unpaired) electrons. The molecule has 0 saturated carbocycles. The van der Waals surface area contributed by atoms with Crippen LogP contribution in [-0.2, 0) is 6.42 Å². The van der Waals surface area contributed by atoms with Crippen molar-refractivity contribution in [1.29, 1.82) is 0 Å². The van der Waals surface area contributed by atoms with Gasteiger partial charge in [0.05, 0.1) is 25.6 Å². The van der Waals surface area contributed by atoms with E-state index in [1.807, 2.05) is 25.4 Å². The molecule has 0 aliphatic rings. The van der Waals surface area contributed by atoms with Crippen LogP contribution in [0.2, 0.25) is 0 Å². The second kappa shape index (κ2) is 5.69. The fourth-order valence-electron chi connectivity index (χ4n) is 2.10. The number of furan rings is 1. The minimum atomic E-state index is 0.0706. The molecule has 2 heterocycles. The van der Waals surface area contributed by atoms with Crippen LogP contribution in [0.5, 0.6) is 5.75 Å². The topological polar surface area (TPSA) is 47.3 Å². The van der Waals surface area contributed by atoms with Crippen LogP contribution in [0.15, 0.2) is 35.2 Å². The molecule has 2 aromatic heterocycles. The second-order valence-electron chi connectivity index (χ2n) is 4.03. The summed E-state index contributed by atoms with van der Waals surface area (Å²) < 4.78 is 10.7. The van der Waals surface area contributed by atoms with E-state index in [2.05, 4.69) is 17.2 Å². The number of hydrogen-bond acceptors (Lipinski definition) is 4. The summed E-state index contributed by atoms with van der Waals surface area (Å²) >= 11 is 0. The first-order chi connectivity index (χ1) is 8.80. The van der Waals surface area contributed by atoms with Crippen molar-refractivity contribution >= 4 is 0 Å². The average Bonchev–Trinajstić information content (AvgIpc) is 2.88. The lowest BCUT2D eigenvalue weighted by Crippen LogP contribution is -2.18.